The number of pyridine rings is 1. The summed E-state index contributed by atoms with van der Waals surface area (Å²) in [6.07, 6.45) is 4.37. The van der Waals surface area contributed by atoms with Gasteiger partial charge in [-0.1, -0.05) is 18.9 Å². The number of fused-ring (bicyclic) bond motifs is 1. The van der Waals surface area contributed by atoms with Crippen LogP contribution >= 0.6 is 0 Å². The van der Waals surface area contributed by atoms with Gasteiger partial charge in [0.1, 0.15) is 6.04 Å². The van der Waals surface area contributed by atoms with Gasteiger partial charge < -0.3 is 9.88 Å². The number of anilines is 1. The molecule has 11 heteroatoms. The fourth-order valence-electron chi connectivity index (χ4n) is 6.20. The largest absolute Gasteiger partial charge is 0.369 e. The van der Waals surface area contributed by atoms with Gasteiger partial charge in [-0.3, -0.25) is 19.8 Å². The predicted molar refractivity (Wildman–Crippen MR) is 148 cm³/mol. The molecule has 1 N–H and O–H groups in total. The molecule has 0 bridgehead atoms. The van der Waals surface area contributed by atoms with Gasteiger partial charge in [0.25, 0.3) is 11.2 Å². The Morgan fingerprint density at radius 1 is 1.03 bits per heavy atom. The maximum atomic E-state index is 13.6. The van der Waals surface area contributed by atoms with Crippen molar-refractivity contribution < 1.29 is 4.92 Å². The lowest BCUT2D eigenvalue weighted by Crippen LogP contribution is -2.49. The molecule has 0 amide bonds. The maximum Gasteiger partial charge on any atom is 0.269 e. The van der Waals surface area contributed by atoms with Gasteiger partial charge in [-0.15, -0.1) is 5.10 Å². The van der Waals surface area contributed by atoms with Gasteiger partial charge in [-0.25, -0.2) is 4.68 Å². The van der Waals surface area contributed by atoms with Crippen molar-refractivity contribution in [1.29, 1.82) is 0 Å². The molecule has 3 heterocycles. The smallest absolute Gasteiger partial charge is 0.269 e. The van der Waals surface area contributed by atoms with Gasteiger partial charge in [0, 0.05) is 60.5 Å². The van der Waals surface area contributed by atoms with E-state index in [1.165, 1.54) is 0 Å². The summed E-state index contributed by atoms with van der Waals surface area (Å²) in [6.45, 7) is 6.89. The van der Waals surface area contributed by atoms with E-state index in [9.17, 15) is 14.9 Å². The van der Waals surface area contributed by atoms with Crippen molar-refractivity contribution in [3.8, 4) is 0 Å². The molecule has 39 heavy (non-hydrogen) atoms. The van der Waals surface area contributed by atoms with Crippen LogP contribution in [0.5, 0.6) is 0 Å². The molecule has 2 aromatic carbocycles. The van der Waals surface area contributed by atoms with Crippen LogP contribution < -0.4 is 10.5 Å². The number of benzene rings is 2. The summed E-state index contributed by atoms with van der Waals surface area (Å²) in [5, 5.41) is 25.1. The van der Waals surface area contributed by atoms with Crippen LogP contribution in [0.15, 0.2) is 47.3 Å². The second-order valence-corrected chi connectivity index (χ2v) is 10.7. The number of nitrogens with one attached hydrogen (secondary N) is 1. The van der Waals surface area contributed by atoms with Gasteiger partial charge in [0.15, 0.2) is 5.82 Å². The van der Waals surface area contributed by atoms with Gasteiger partial charge >= 0.3 is 0 Å². The van der Waals surface area contributed by atoms with Crippen molar-refractivity contribution in [1.82, 2.24) is 30.1 Å². The molecule has 2 fully saturated rings. The number of nitrogens with zero attached hydrogens (tertiary/aromatic N) is 7. The van der Waals surface area contributed by atoms with Crippen LogP contribution in [-0.4, -0.2) is 61.2 Å². The number of aromatic nitrogens is 5. The number of hydrogen-bond donors (Lipinski definition) is 1. The van der Waals surface area contributed by atoms with E-state index in [2.05, 4.69) is 43.3 Å². The van der Waals surface area contributed by atoms with Crippen molar-refractivity contribution in [3.05, 3.63) is 85.4 Å². The summed E-state index contributed by atoms with van der Waals surface area (Å²) in [6, 6.07) is 12.7. The molecular formula is C28H32N8O3. The number of tetrazole rings is 1. The van der Waals surface area contributed by atoms with E-state index >= 15 is 0 Å². The van der Waals surface area contributed by atoms with Crippen LogP contribution in [0.1, 0.15) is 60.3 Å². The quantitative estimate of drug-likeness (QED) is 0.293. The van der Waals surface area contributed by atoms with Gasteiger partial charge in [0.05, 0.1) is 11.0 Å². The highest BCUT2D eigenvalue weighted by Gasteiger charge is 2.35. The molecule has 1 aliphatic heterocycles. The van der Waals surface area contributed by atoms with Crippen LogP contribution in [0.3, 0.4) is 0 Å². The number of nitro benzene ring substituents is 1. The van der Waals surface area contributed by atoms with Crippen molar-refractivity contribution in [3.63, 3.8) is 0 Å². The molecule has 1 saturated carbocycles. The van der Waals surface area contributed by atoms with Gasteiger partial charge in [0.2, 0.25) is 0 Å². The summed E-state index contributed by atoms with van der Waals surface area (Å²) >= 11 is 0. The molecule has 11 nitrogen and oxygen atoms in total. The lowest BCUT2D eigenvalue weighted by atomic mass is 9.99. The van der Waals surface area contributed by atoms with E-state index in [1.54, 1.807) is 24.3 Å². The summed E-state index contributed by atoms with van der Waals surface area (Å²) in [4.78, 5) is 31.9. The third-order valence-corrected chi connectivity index (χ3v) is 8.17. The fourth-order valence-corrected chi connectivity index (χ4v) is 6.20. The first kappa shape index (κ1) is 25.2. The van der Waals surface area contributed by atoms with Crippen molar-refractivity contribution >= 4 is 22.3 Å². The van der Waals surface area contributed by atoms with Crippen LogP contribution in [0.2, 0.25) is 0 Å². The van der Waals surface area contributed by atoms with Crippen LogP contribution in [0, 0.1) is 24.0 Å². The topological polar surface area (TPSA) is 126 Å². The zero-order chi connectivity index (χ0) is 27.1. The average Bonchev–Trinajstić information content (AvgIpc) is 3.62. The van der Waals surface area contributed by atoms with E-state index < -0.39 is 6.04 Å². The zero-order valence-corrected chi connectivity index (χ0v) is 22.2. The van der Waals surface area contributed by atoms with E-state index in [0.717, 1.165) is 53.4 Å². The maximum absolute atomic E-state index is 13.6. The Balaban J connectivity index is 1.37. The third-order valence-electron chi connectivity index (χ3n) is 8.17. The number of rotatable bonds is 6. The molecular weight excluding hydrogens is 496 g/mol. The predicted octanol–water partition coefficient (Wildman–Crippen LogP) is 4.07. The molecule has 2 aliphatic rings. The second-order valence-electron chi connectivity index (χ2n) is 10.7. The zero-order valence-electron chi connectivity index (χ0n) is 22.2. The highest BCUT2D eigenvalue weighted by Crippen LogP contribution is 2.35. The molecule has 1 atom stereocenters. The highest BCUT2D eigenvalue weighted by molar-refractivity contribution is 5.83. The number of aryl methyl sites for hydroxylation is 2. The Morgan fingerprint density at radius 2 is 1.74 bits per heavy atom. The van der Waals surface area contributed by atoms with Crippen LogP contribution in [0.25, 0.3) is 10.9 Å². The van der Waals surface area contributed by atoms with Crippen LogP contribution in [0.4, 0.5) is 11.4 Å². The molecule has 0 radical (unpaired) electrons. The molecule has 0 spiro atoms. The molecule has 1 aliphatic carbocycles. The Kier molecular flexibility index (Phi) is 6.59. The molecule has 2 aromatic heterocycles. The van der Waals surface area contributed by atoms with E-state index in [0.29, 0.717) is 37.6 Å². The van der Waals surface area contributed by atoms with E-state index in [-0.39, 0.29) is 22.2 Å². The standard InChI is InChI=1S/C28H32N8O3/c1-18-15-19(2)23-17-24(28(37)29-25(23)16-18)26(27-30-31-32-35(27)21-5-3-4-6-21)34-13-11-33(12-14-34)20-7-9-22(10-8-20)36(38)39/h7-10,15-17,21,26H,3-6,11-14H2,1-2H3,(H,29,37)/t26-/m1/s1. The summed E-state index contributed by atoms with van der Waals surface area (Å²) < 4.78 is 1.95. The molecule has 0 unspecified atom stereocenters. The van der Waals surface area contributed by atoms with Crippen molar-refractivity contribution in [2.24, 2.45) is 0 Å². The summed E-state index contributed by atoms with van der Waals surface area (Å²) in [5.74, 6) is 0.709. The van der Waals surface area contributed by atoms with E-state index in [1.807, 2.05) is 23.7 Å². The monoisotopic (exact) mass is 528 g/mol. The molecule has 4 aromatic rings. The van der Waals surface area contributed by atoms with Crippen molar-refractivity contribution in [2.45, 2.75) is 51.6 Å². The first-order valence-electron chi connectivity index (χ1n) is 13.5. The minimum atomic E-state index is -0.395. The number of aromatic amines is 1. The highest BCUT2D eigenvalue weighted by atomic mass is 16.6. The second kappa shape index (κ2) is 10.2. The normalized spacial score (nSPS) is 17.6. The molecule has 1 saturated heterocycles. The summed E-state index contributed by atoms with van der Waals surface area (Å²) in [5.41, 5.74) is 4.59. The first-order chi connectivity index (χ1) is 18.9. The van der Waals surface area contributed by atoms with Crippen LogP contribution in [-0.2, 0) is 0 Å². The molecule has 6 rings (SSSR count). The Bertz CT molecular complexity index is 1560. The number of nitro groups is 1. The summed E-state index contributed by atoms with van der Waals surface area (Å²) in [7, 11) is 0. The number of non-ortho nitro benzene ring substituents is 1. The Hall–Kier alpha value is -4.12. The third kappa shape index (κ3) is 4.78. The minimum absolute atomic E-state index is 0.0808. The number of H-pyrrole nitrogens is 1. The first-order valence-corrected chi connectivity index (χ1v) is 13.5. The Labute approximate surface area is 225 Å². The van der Waals surface area contributed by atoms with E-state index in [4.69, 9.17) is 0 Å². The van der Waals surface area contributed by atoms with Crippen molar-refractivity contribution in [2.75, 3.05) is 31.1 Å². The average molecular weight is 529 g/mol. The Morgan fingerprint density at radius 3 is 2.44 bits per heavy atom. The van der Waals surface area contributed by atoms with Gasteiger partial charge in [-0.2, -0.15) is 0 Å². The molecule has 202 valence electrons. The SMILES string of the molecule is Cc1cc(C)c2cc([C@H](c3nnnn3C3CCCC3)N3CCN(c4ccc([N+](=O)[O-])cc4)CC3)c(=O)[nH]c2c1. The number of hydrogen-bond acceptors (Lipinski definition) is 8. The minimum Gasteiger partial charge on any atom is -0.369 e. The number of piperazine rings is 1. The lowest BCUT2D eigenvalue weighted by Gasteiger charge is -2.39. The van der Waals surface area contributed by atoms with Gasteiger partial charge in [-0.05, 0) is 72.5 Å². The fraction of sp³-hybridized carbons (Fsp3) is 0.429. The lowest BCUT2D eigenvalue weighted by molar-refractivity contribution is -0.384.